The maximum absolute atomic E-state index is 12.7. The molecular formula is C20H26N4O4. The standard InChI is InChI=1S/C20H26N4O4/c1-3-13(2)17(19(26)27)22-20(28)24-10-8-23(9-11-24)18(25)16-12-14-6-4-5-7-15(14)21-16/h4-7,12-13,17,21H,3,8-11H2,1-2H3,(H,22,28)(H,26,27)/t13-,17-/m1/s1. The number of nitrogens with zero attached hydrogens (tertiary/aromatic N) is 2. The molecule has 8 nitrogen and oxygen atoms in total. The lowest BCUT2D eigenvalue weighted by Gasteiger charge is -2.35. The molecule has 3 N–H and O–H groups in total. The second-order valence-corrected chi connectivity index (χ2v) is 7.20. The molecule has 28 heavy (non-hydrogen) atoms. The number of aromatic amines is 1. The molecule has 0 radical (unpaired) electrons. The second kappa shape index (κ2) is 8.33. The first kappa shape index (κ1) is 19.7. The minimum atomic E-state index is -1.03. The van der Waals surface area contributed by atoms with Gasteiger partial charge in [0.25, 0.3) is 5.91 Å². The summed E-state index contributed by atoms with van der Waals surface area (Å²) in [6.45, 7) is 5.23. The van der Waals surface area contributed by atoms with Crippen molar-refractivity contribution in [2.24, 2.45) is 5.92 Å². The molecule has 0 spiro atoms. The number of benzene rings is 1. The van der Waals surface area contributed by atoms with Crippen LogP contribution in [0.5, 0.6) is 0 Å². The summed E-state index contributed by atoms with van der Waals surface area (Å²) in [7, 11) is 0. The van der Waals surface area contributed by atoms with E-state index in [1.54, 1.807) is 16.7 Å². The van der Waals surface area contributed by atoms with Crippen molar-refractivity contribution >= 4 is 28.8 Å². The van der Waals surface area contributed by atoms with E-state index in [9.17, 15) is 19.5 Å². The molecular weight excluding hydrogens is 360 g/mol. The first-order valence-electron chi connectivity index (χ1n) is 9.56. The van der Waals surface area contributed by atoms with Crippen molar-refractivity contribution in [2.45, 2.75) is 26.3 Å². The van der Waals surface area contributed by atoms with E-state index in [0.29, 0.717) is 38.3 Å². The Morgan fingerprint density at radius 2 is 1.79 bits per heavy atom. The topological polar surface area (TPSA) is 106 Å². The summed E-state index contributed by atoms with van der Waals surface area (Å²) >= 11 is 0. The zero-order valence-electron chi connectivity index (χ0n) is 16.1. The summed E-state index contributed by atoms with van der Waals surface area (Å²) in [5.41, 5.74) is 1.44. The lowest BCUT2D eigenvalue weighted by molar-refractivity contribution is -0.140. The predicted molar refractivity (Wildman–Crippen MR) is 105 cm³/mol. The summed E-state index contributed by atoms with van der Waals surface area (Å²) in [6, 6.07) is 8.22. The van der Waals surface area contributed by atoms with Crippen LogP contribution >= 0.6 is 0 Å². The number of urea groups is 1. The van der Waals surface area contributed by atoms with Gasteiger partial charge < -0.3 is 25.2 Å². The van der Waals surface area contributed by atoms with Gasteiger partial charge in [-0.3, -0.25) is 4.79 Å². The average molecular weight is 386 g/mol. The van der Waals surface area contributed by atoms with Crippen LogP contribution in [-0.2, 0) is 4.79 Å². The van der Waals surface area contributed by atoms with Crippen molar-refractivity contribution in [2.75, 3.05) is 26.2 Å². The Labute approximate surface area is 163 Å². The SMILES string of the molecule is CC[C@@H](C)[C@@H](NC(=O)N1CCN(C(=O)c2cc3ccccc3[nH]2)CC1)C(=O)O. The summed E-state index contributed by atoms with van der Waals surface area (Å²) in [5.74, 6) is -1.29. The van der Waals surface area contributed by atoms with Crippen molar-refractivity contribution in [1.82, 2.24) is 20.1 Å². The Morgan fingerprint density at radius 3 is 2.39 bits per heavy atom. The third kappa shape index (κ3) is 4.11. The summed E-state index contributed by atoms with van der Waals surface area (Å²) in [5, 5.41) is 12.9. The number of amides is 3. The number of piperazine rings is 1. The zero-order chi connectivity index (χ0) is 20.3. The number of nitrogens with one attached hydrogen (secondary N) is 2. The fraction of sp³-hybridized carbons (Fsp3) is 0.450. The Kier molecular flexibility index (Phi) is 5.87. The normalized spacial score (nSPS) is 16.6. The molecule has 0 aliphatic carbocycles. The summed E-state index contributed by atoms with van der Waals surface area (Å²) < 4.78 is 0. The molecule has 0 bridgehead atoms. The number of carboxylic acids is 1. The minimum Gasteiger partial charge on any atom is -0.480 e. The van der Waals surface area contributed by atoms with E-state index in [0.717, 1.165) is 10.9 Å². The first-order valence-corrected chi connectivity index (χ1v) is 9.56. The van der Waals surface area contributed by atoms with E-state index < -0.39 is 18.0 Å². The second-order valence-electron chi connectivity index (χ2n) is 7.20. The number of carbonyl (C=O) groups is 3. The highest BCUT2D eigenvalue weighted by Gasteiger charge is 2.30. The van der Waals surface area contributed by atoms with Gasteiger partial charge in [-0.15, -0.1) is 0 Å². The van der Waals surface area contributed by atoms with Gasteiger partial charge in [0.05, 0.1) is 0 Å². The van der Waals surface area contributed by atoms with Crippen LogP contribution in [0.3, 0.4) is 0 Å². The number of para-hydroxylation sites is 1. The van der Waals surface area contributed by atoms with Crippen molar-refractivity contribution in [3.8, 4) is 0 Å². The average Bonchev–Trinajstić information content (AvgIpc) is 3.14. The molecule has 1 aliphatic rings. The van der Waals surface area contributed by atoms with E-state index in [4.69, 9.17) is 0 Å². The van der Waals surface area contributed by atoms with Crippen LogP contribution in [0.4, 0.5) is 4.79 Å². The largest absolute Gasteiger partial charge is 0.480 e. The van der Waals surface area contributed by atoms with Crippen LogP contribution in [-0.4, -0.2) is 70.0 Å². The van der Waals surface area contributed by atoms with Gasteiger partial charge in [0, 0.05) is 37.1 Å². The lowest BCUT2D eigenvalue weighted by atomic mass is 9.99. The minimum absolute atomic E-state index is 0.0979. The molecule has 2 atom stereocenters. The van der Waals surface area contributed by atoms with Gasteiger partial charge in [0.2, 0.25) is 0 Å². The number of carbonyl (C=O) groups excluding carboxylic acids is 2. The van der Waals surface area contributed by atoms with Crippen molar-refractivity contribution < 1.29 is 19.5 Å². The van der Waals surface area contributed by atoms with Crippen molar-refractivity contribution in [1.29, 1.82) is 0 Å². The van der Waals surface area contributed by atoms with Crippen LogP contribution in [0.25, 0.3) is 10.9 Å². The summed E-state index contributed by atoms with van der Waals surface area (Å²) in [6.07, 6.45) is 0.657. The predicted octanol–water partition coefficient (Wildman–Crippen LogP) is 2.13. The van der Waals surface area contributed by atoms with E-state index in [-0.39, 0.29) is 11.8 Å². The maximum Gasteiger partial charge on any atom is 0.326 e. The number of fused-ring (bicyclic) bond motifs is 1. The fourth-order valence-electron chi connectivity index (χ4n) is 3.38. The molecule has 8 heteroatoms. The zero-order valence-corrected chi connectivity index (χ0v) is 16.1. The van der Waals surface area contributed by atoms with Crippen LogP contribution in [0.1, 0.15) is 30.8 Å². The Morgan fingerprint density at radius 1 is 1.14 bits per heavy atom. The highest BCUT2D eigenvalue weighted by atomic mass is 16.4. The quantitative estimate of drug-likeness (QED) is 0.732. The third-order valence-corrected chi connectivity index (χ3v) is 5.37. The monoisotopic (exact) mass is 386 g/mol. The Bertz CT molecular complexity index is 837. The number of carboxylic acid groups (broad SMARTS) is 1. The van der Waals surface area contributed by atoms with Gasteiger partial charge in [-0.05, 0) is 18.1 Å². The van der Waals surface area contributed by atoms with E-state index in [1.165, 1.54) is 0 Å². The Balaban J connectivity index is 1.58. The Hall–Kier alpha value is -3.03. The van der Waals surface area contributed by atoms with Crippen LogP contribution in [0.15, 0.2) is 30.3 Å². The highest BCUT2D eigenvalue weighted by Crippen LogP contribution is 2.17. The molecule has 150 valence electrons. The van der Waals surface area contributed by atoms with E-state index >= 15 is 0 Å². The molecule has 1 aromatic heterocycles. The van der Waals surface area contributed by atoms with Gasteiger partial charge in [-0.1, -0.05) is 38.5 Å². The lowest BCUT2D eigenvalue weighted by Crippen LogP contribution is -2.56. The van der Waals surface area contributed by atoms with Gasteiger partial charge >= 0.3 is 12.0 Å². The molecule has 1 aliphatic heterocycles. The molecule has 2 aromatic rings. The first-order chi connectivity index (χ1) is 13.4. The van der Waals surface area contributed by atoms with Crippen LogP contribution < -0.4 is 5.32 Å². The van der Waals surface area contributed by atoms with Gasteiger partial charge in [-0.25, -0.2) is 9.59 Å². The number of H-pyrrole nitrogens is 1. The molecule has 1 saturated heterocycles. The number of aromatic nitrogens is 1. The van der Waals surface area contributed by atoms with Crippen molar-refractivity contribution in [3.63, 3.8) is 0 Å². The molecule has 2 heterocycles. The van der Waals surface area contributed by atoms with Gasteiger partial charge in [0.1, 0.15) is 11.7 Å². The van der Waals surface area contributed by atoms with Gasteiger partial charge in [0.15, 0.2) is 0 Å². The van der Waals surface area contributed by atoms with E-state index in [1.807, 2.05) is 37.3 Å². The van der Waals surface area contributed by atoms with E-state index in [2.05, 4.69) is 10.3 Å². The highest BCUT2D eigenvalue weighted by molar-refractivity contribution is 5.98. The van der Waals surface area contributed by atoms with Crippen LogP contribution in [0.2, 0.25) is 0 Å². The molecule has 1 aromatic carbocycles. The molecule has 1 fully saturated rings. The molecule has 3 amide bonds. The van der Waals surface area contributed by atoms with Gasteiger partial charge in [-0.2, -0.15) is 0 Å². The fourth-order valence-corrected chi connectivity index (χ4v) is 3.38. The number of hydrogen-bond donors (Lipinski definition) is 3. The summed E-state index contributed by atoms with van der Waals surface area (Å²) in [4.78, 5) is 43.0. The van der Waals surface area contributed by atoms with Crippen LogP contribution in [0, 0.1) is 5.92 Å². The molecule has 3 rings (SSSR count). The smallest absolute Gasteiger partial charge is 0.326 e. The van der Waals surface area contributed by atoms with Crippen molar-refractivity contribution in [3.05, 3.63) is 36.0 Å². The molecule has 0 saturated carbocycles. The molecule has 0 unspecified atom stereocenters. The maximum atomic E-state index is 12.7. The number of rotatable bonds is 5. The number of hydrogen-bond acceptors (Lipinski definition) is 3. The number of aliphatic carboxylic acids is 1. The third-order valence-electron chi connectivity index (χ3n) is 5.37.